The van der Waals surface area contributed by atoms with Crippen molar-refractivity contribution in [3.63, 3.8) is 0 Å². The number of amides is 1. The van der Waals surface area contributed by atoms with E-state index >= 15 is 0 Å². The summed E-state index contributed by atoms with van der Waals surface area (Å²) < 4.78 is 4.98. The van der Waals surface area contributed by atoms with Crippen molar-refractivity contribution < 1.29 is 9.53 Å². The second-order valence-electron chi connectivity index (χ2n) is 3.99. The van der Waals surface area contributed by atoms with E-state index in [4.69, 9.17) is 10.5 Å². The maximum absolute atomic E-state index is 11.5. The minimum Gasteiger partial charge on any atom is -0.481 e. The van der Waals surface area contributed by atoms with Crippen LogP contribution in [0.3, 0.4) is 0 Å². The zero-order valence-corrected chi connectivity index (χ0v) is 9.69. The van der Waals surface area contributed by atoms with E-state index in [9.17, 15) is 4.79 Å². The van der Waals surface area contributed by atoms with Crippen LogP contribution < -0.4 is 21.1 Å². The summed E-state index contributed by atoms with van der Waals surface area (Å²) in [5.74, 6) is 0.885. The van der Waals surface area contributed by atoms with Gasteiger partial charge in [-0.05, 0) is 18.9 Å². The Balaban J connectivity index is 1.90. The Kier molecular flexibility index (Phi) is 3.32. The van der Waals surface area contributed by atoms with Crippen LogP contribution in [-0.2, 0) is 4.79 Å². The summed E-state index contributed by atoms with van der Waals surface area (Å²) in [5, 5.41) is 5.76. The fraction of sp³-hybridized carbons (Fsp3) is 0.455. The molecule has 0 unspecified atom stereocenters. The topological polar surface area (TPSA) is 89.3 Å². The maximum Gasteiger partial charge on any atom is 0.239 e. The SMILES string of the molecule is COc1ccc(N)c(NCC(=O)NC2CC2)n1. The van der Waals surface area contributed by atoms with Crippen LogP contribution in [0.15, 0.2) is 12.1 Å². The molecule has 1 saturated carbocycles. The first-order valence-corrected chi connectivity index (χ1v) is 5.53. The molecule has 1 heterocycles. The Morgan fingerprint density at radius 1 is 1.59 bits per heavy atom. The Morgan fingerprint density at radius 3 is 3.00 bits per heavy atom. The third-order valence-corrected chi connectivity index (χ3v) is 2.47. The highest BCUT2D eigenvalue weighted by atomic mass is 16.5. The van der Waals surface area contributed by atoms with Gasteiger partial charge in [-0.2, -0.15) is 4.98 Å². The number of pyridine rings is 1. The van der Waals surface area contributed by atoms with E-state index in [2.05, 4.69) is 15.6 Å². The van der Waals surface area contributed by atoms with Crippen molar-refractivity contribution in [3.05, 3.63) is 12.1 Å². The Bertz CT molecular complexity index is 418. The standard InChI is InChI=1S/C11H16N4O2/c1-17-10-5-4-8(12)11(15-10)13-6-9(16)14-7-2-3-7/h4-5,7H,2-3,6,12H2,1H3,(H,13,15)(H,14,16). The molecule has 0 radical (unpaired) electrons. The van der Waals surface area contributed by atoms with Crippen molar-refractivity contribution in [2.24, 2.45) is 0 Å². The number of ether oxygens (including phenoxy) is 1. The van der Waals surface area contributed by atoms with E-state index in [1.54, 1.807) is 12.1 Å². The van der Waals surface area contributed by atoms with Gasteiger partial charge in [0.25, 0.3) is 0 Å². The third kappa shape index (κ3) is 3.24. The van der Waals surface area contributed by atoms with Crippen LogP contribution in [-0.4, -0.2) is 30.6 Å². The number of aromatic nitrogens is 1. The quantitative estimate of drug-likeness (QED) is 0.687. The molecule has 0 aliphatic heterocycles. The van der Waals surface area contributed by atoms with Crippen LogP contribution in [0.2, 0.25) is 0 Å². The van der Waals surface area contributed by atoms with E-state index in [0.717, 1.165) is 12.8 Å². The molecule has 17 heavy (non-hydrogen) atoms. The largest absolute Gasteiger partial charge is 0.481 e. The molecule has 6 heteroatoms. The van der Waals surface area contributed by atoms with Crippen LogP contribution in [0.1, 0.15) is 12.8 Å². The fourth-order valence-corrected chi connectivity index (χ4v) is 1.38. The summed E-state index contributed by atoms with van der Waals surface area (Å²) in [4.78, 5) is 15.6. The van der Waals surface area contributed by atoms with Gasteiger partial charge in [-0.25, -0.2) is 0 Å². The lowest BCUT2D eigenvalue weighted by molar-refractivity contribution is -0.119. The zero-order chi connectivity index (χ0) is 12.3. The summed E-state index contributed by atoms with van der Waals surface area (Å²) in [5.41, 5.74) is 6.22. The van der Waals surface area contributed by atoms with Crippen molar-refractivity contribution >= 4 is 17.4 Å². The lowest BCUT2D eigenvalue weighted by atomic mass is 10.4. The smallest absolute Gasteiger partial charge is 0.239 e. The molecule has 2 rings (SSSR count). The molecule has 1 aromatic rings. The van der Waals surface area contributed by atoms with Gasteiger partial charge in [-0.15, -0.1) is 0 Å². The van der Waals surface area contributed by atoms with Crippen molar-refractivity contribution in [1.82, 2.24) is 10.3 Å². The van der Waals surface area contributed by atoms with Gasteiger partial charge in [0.2, 0.25) is 11.8 Å². The zero-order valence-electron chi connectivity index (χ0n) is 9.69. The number of hydrogen-bond donors (Lipinski definition) is 3. The second-order valence-corrected chi connectivity index (χ2v) is 3.99. The number of carbonyl (C=O) groups is 1. The Hall–Kier alpha value is -1.98. The molecule has 0 aromatic carbocycles. The van der Waals surface area contributed by atoms with E-state index in [-0.39, 0.29) is 12.5 Å². The van der Waals surface area contributed by atoms with E-state index < -0.39 is 0 Å². The van der Waals surface area contributed by atoms with Crippen molar-refractivity contribution in [3.8, 4) is 5.88 Å². The molecule has 1 aliphatic carbocycles. The molecular weight excluding hydrogens is 220 g/mol. The molecule has 0 spiro atoms. The van der Waals surface area contributed by atoms with Crippen LogP contribution in [0.5, 0.6) is 5.88 Å². The van der Waals surface area contributed by atoms with E-state index in [1.807, 2.05) is 0 Å². The number of rotatable bonds is 5. The summed E-state index contributed by atoms with van der Waals surface area (Å²) >= 11 is 0. The predicted molar refractivity (Wildman–Crippen MR) is 64.9 cm³/mol. The molecule has 0 atom stereocenters. The number of anilines is 2. The normalized spacial score (nSPS) is 14.2. The second kappa shape index (κ2) is 4.90. The van der Waals surface area contributed by atoms with E-state index in [0.29, 0.717) is 23.4 Å². The average molecular weight is 236 g/mol. The lowest BCUT2D eigenvalue weighted by Gasteiger charge is -2.09. The molecule has 1 amide bonds. The highest BCUT2D eigenvalue weighted by Gasteiger charge is 2.22. The van der Waals surface area contributed by atoms with Gasteiger partial charge in [0.1, 0.15) is 0 Å². The minimum absolute atomic E-state index is 0.0449. The van der Waals surface area contributed by atoms with Crippen LogP contribution in [0.4, 0.5) is 11.5 Å². The Labute approximate surface area is 99.5 Å². The van der Waals surface area contributed by atoms with Crippen molar-refractivity contribution in [2.75, 3.05) is 24.7 Å². The van der Waals surface area contributed by atoms with Gasteiger partial charge in [0.15, 0.2) is 5.82 Å². The molecule has 4 N–H and O–H groups in total. The minimum atomic E-state index is -0.0449. The van der Waals surface area contributed by atoms with Crippen molar-refractivity contribution in [1.29, 1.82) is 0 Å². The summed E-state index contributed by atoms with van der Waals surface area (Å²) in [6.45, 7) is 0.168. The van der Waals surface area contributed by atoms with Crippen LogP contribution >= 0.6 is 0 Å². The number of nitrogens with zero attached hydrogens (tertiary/aromatic N) is 1. The molecule has 0 saturated heterocycles. The monoisotopic (exact) mass is 236 g/mol. The Morgan fingerprint density at radius 2 is 2.35 bits per heavy atom. The number of carbonyl (C=O) groups excluding carboxylic acids is 1. The first-order chi connectivity index (χ1) is 8.19. The third-order valence-electron chi connectivity index (χ3n) is 2.47. The van der Waals surface area contributed by atoms with Crippen LogP contribution in [0, 0.1) is 0 Å². The first-order valence-electron chi connectivity index (χ1n) is 5.53. The maximum atomic E-state index is 11.5. The summed E-state index contributed by atoms with van der Waals surface area (Å²) in [6, 6.07) is 3.72. The molecule has 0 bridgehead atoms. The molecular formula is C11H16N4O2. The van der Waals surface area contributed by atoms with Crippen molar-refractivity contribution in [2.45, 2.75) is 18.9 Å². The molecule has 6 nitrogen and oxygen atoms in total. The number of nitrogens with one attached hydrogen (secondary N) is 2. The van der Waals surface area contributed by atoms with Crippen LogP contribution in [0.25, 0.3) is 0 Å². The molecule has 92 valence electrons. The summed E-state index contributed by atoms with van der Waals surface area (Å²) in [6.07, 6.45) is 2.15. The van der Waals surface area contributed by atoms with Gasteiger partial charge in [0.05, 0.1) is 19.3 Å². The first kappa shape index (κ1) is 11.5. The number of hydrogen-bond acceptors (Lipinski definition) is 5. The van der Waals surface area contributed by atoms with Gasteiger partial charge in [0, 0.05) is 12.1 Å². The number of nitrogen functional groups attached to an aromatic ring is 1. The molecule has 1 fully saturated rings. The van der Waals surface area contributed by atoms with Gasteiger partial charge in [-0.3, -0.25) is 4.79 Å². The van der Waals surface area contributed by atoms with Gasteiger partial charge >= 0.3 is 0 Å². The fourth-order valence-electron chi connectivity index (χ4n) is 1.38. The highest BCUT2D eigenvalue weighted by Crippen LogP contribution is 2.20. The van der Waals surface area contributed by atoms with Gasteiger partial charge < -0.3 is 21.1 Å². The average Bonchev–Trinajstić information content (AvgIpc) is 3.12. The number of methoxy groups -OCH3 is 1. The molecule has 1 aromatic heterocycles. The lowest BCUT2D eigenvalue weighted by Crippen LogP contribution is -2.31. The predicted octanol–water partition coefficient (Wildman–Crippen LogP) is 0.363. The summed E-state index contributed by atoms with van der Waals surface area (Å²) in [7, 11) is 1.53. The highest BCUT2D eigenvalue weighted by molar-refractivity contribution is 5.82. The van der Waals surface area contributed by atoms with E-state index in [1.165, 1.54) is 7.11 Å². The van der Waals surface area contributed by atoms with Gasteiger partial charge in [-0.1, -0.05) is 0 Å². The number of nitrogens with two attached hydrogens (primary N) is 1. The molecule has 1 aliphatic rings.